The maximum Gasteiger partial charge on any atom is 0.146 e. The molecule has 1 aromatic carbocycles. The summed E-state index contributed by atoms with van der Waals surface area (Å²) in [6.07, 6.45) is 2.53. The van der Waals surface area contributed by atoms with Gasteiger partial charge in [-0.25, -0.2) is 4.39 Å². The van der Waals surface area contributed by atoms with E-state index < -0.39 is 0 Å². The molecule has 0 amide bonds. The minimum absolute atomic E-state index is 0.140. The maximum atomic E-state index is 13.8. The maximum absolute atomic E-state index is 13.8. The van der Waals surface area contributed by atoms with Crippen molar-refractivity contribution in [3.05, 3.63) is 34.6 Å². The fourth-order valence-electron chi connectivity index (χ4n) is 1.74. The Bertz CT molecular complexity index is 366. The van der Waals surface area contributed by atoms with Crippen LogP contribution in [0.4, 0.5) is 4.39 Å². The largest absolute Gasteiger partial charge is 0.329 e. The van der Waals surface area contributed by atoms with E-state index in [2.05, 4.69) is 5.32 Å². The van der Waals surface area contributed by atoms with Crippen LogP contribution in [0.25, 0.3) is 0 Å². The molecule has 0 aliphatic heterocycles. The minimum Gasteiger partial charge on any atom is -0.329 e. The molecule has 0 radical (unpaired) electrons. The van der Waals surface area contributed by atoms with Crippen molar-refractivity contribution in [2.24, 2.45) is 11.7 Å². The summed E-state index contributed by atoms with van der Waals surface area (Å²) in [7, 11) is 0. The summed E-state index contributed by atoms with van der Waals surface area (Å²) in [5, 5.41) is 3.45. The predicted molar refractivity (Wildman–Crippen MR) is 63.9 cm³/mol. The molecule has 1 fully saturated rings. The number of benzene rings is 1. The van der Waals surface area contributed by atoms with Crippen molar-refractivity contribution in [1.82, 2.24) is 5.32 Å². The lowest BCUT2D eigenvalue weighted by Gasteiger charge is -2.18. The van der Waals surface area contributed by atoms with E-state index in [-0.39, 0.29) is 16.9 Å². The van der Waals surface area contributed by atoms with E-state index in [9.17, 15) is 4.39 Å². The van der Waals surface area contributed by atoms with E-state index in [1.54, 1.807) is 18.2 Å². The molecule has 2 rings (SSSR count). The fraction of sp³-hybridized carbons (Fsp3) is 0.500. The molecule has 16 heavy (non-hydrogen) atoms. The highest BCUT2D eigenvalue weighted by atomic mass is 35.5. The van der Waals surface area contributed by atoms with Crippen LogP contribution in [0.2, 0.25) is 5.02 Å². The van der Waals surface area contributed by atoms with Crippen molar-refractivity contribution in [3.63, 3.8) is 0 Å². The summed E-state index contributed by atoms with van der Waals surface area (Å²) in [6, 6.07) is 4.90. The molecular weight excluding hydrogens is 227 g/mol. The number of nitrogens with one attached hydrogen (secondary N) is 1. The molecule has 1 atom stereocenters. The van der Waals surface area contributed by atoms with Crippen molar-refractivity contribution in [2.75, 3.05) is 13.1 Å². The third-order valence-electron chi connectivity index (χ3n) is 2.94. The van der Waals surface area contributed by atoms with Crippen LogP contribution < -0.4 is 11.1 Å². The zero-order valence-electron chi connectivity index (χ0n) is 9.05. The number of hydrogen-bond acceptors (Lipinski definition) is 2. The van der Waals surface area contributed by atoms with Gasteiger partial charge in [0.05, 0.1) is 5.02 Å². The normalized spacial score (nSPS) is 17.4. The van der Waals surface area contributed by atoms with Gasteiger partial charge in [-0.2, -0.15) is 0 Å². The molecule has 1 aliphatic carbocycles. The standard InChI is InChI=1S/C12H16ClFN2/c13-10-3-1-2-9(12(10)14)11(6-15)16-7-8-4-5-8/h1-3,8,11,16H,4-7,15H2. The monoisotopic (exact) mass is 242 g/mol. The van der Waals surface area contributed by atoms with Crippen LogP contribution >= 0.6 is 11.6 Å². The van der Waals surface area contributed by atoms with Gasteiger partial charge in [0.15, 0.2) is 0 Å². The smallest absolute Gasteiger partial charge is 0.146 e. The van der Waals surface area contributed by atoms with Crippen LogP contribution in [0.15, 0.2) is 18.2 Å². The van der Waals surface area contributed by atoms with Crippen molar-refractivity contribution >= 4 is 11.6 Å². The molecule has 0 saturated heterocycles. The lowest BCUT2D eigenvalue weighted by atomic mass is 10.1. The van der Waals surface area contributed by atoms with Gasteiger partial charge >= 0.3 is 0 Å². The summed E-state index contributed by atoms with van der Waals surface area (Å²) in [6.45, 7) is 1.29. The highest BCUT2D eigenvalue weighted by Gasteiger charge is 2.23. The van der Waals surface area contributed by atoms with E-state index in [1.165, 1.54) is 12.8 Å². The van der Waals surface area contributed by atoms with Crippen molar-refractivity contribution in [1.29, 1.82) is 0 Å². The van der Waals surface area contributed by atoms with E-state index in [1.807, 2.05) is 0 Å². The Morgan fingerprint density at radius 1 is 1.50 bits per heavy atom. The van der Waals surface area contributed by atoms with Crippen LogP contribution in [0, 0.1) is 11.7 Å². The first-order chi connectivity index (χ1) is 7.72. The lowest BCUT2D eigenvalue weighted by molar-refractivity contribution is 0.494. The second kappa shape index (κ2) is 5.13. The van der Waals surface area contributed by atoms with E-state index in [0.717, 1.165) is 12.5 Å². The summed E-state index contributed by atoms with van der Waals surface area (Å²) >= 11 is 5.75. The molecule has 0 spiro atoms. The average Bonchev–Trinajstić information content (AvgIpc) is 3.08. The van der Waals surface area contributed by atoms with Crippen molar-refractivity contribution in [3.8, 4) is 0 Å². The van der Waals surface area contributed by atoms with E-state index in [0.29, 0.717) is 12.1 Å². The van der Waals surface area contributed by atoms with Crippen molar-refractivity contribution in [2.45, 2.75) is 18.9 Å². The summed E-state index contributed by atoms with van der Waals surface area (Å²) < 4.78 is 13.8. The predicted octanol–water partition coefficient (Wildman–Crippen LogP) is 2.48. The first kappa shape index (κ1) is 11.8. The Morgan fingerprint density at radius 2 is 2.25 bits per heavy atom. The highest BCUT2D eigenvalue weighted by molar-refractivity contribution is 6.30. The highest BCUT2D eigenvalue weighted by Crippen LogP contribution is 2.29. The molecule has 1 unspecified atom stereocenters. The van der Waals surface area contributed by atoms with Gasteiger partial charge in [-0.05, 0) is 31.4 Å². The van der Waals surface area contributed by atoms with Crippen molar-refractivity contribution < 1.29 is 4.39 Å². The molecule has 88 valence electrons. The molecule has 0 aromatic heterocycles. The number of hydrogen-bond donors (Lipinski definition) is 2. The molecule has 4 heteroatoms. The molecule has 3 N–H and O–H groups in total. The van der Waals surface area contributed by atoms with E-state index in [4.69, 9.17) is 17.3 Å². The van der Waals surface area contributed by atoms with Gasteiger partial charge in [-0.15, -0.1) is 0 Å². The van der Waals surface area contributed by atoms with Crippen LogP contribution in [0.1, 0.15) is 24.4 Å². The van der Waals surface area contributed by atoms with Crippen LogP contribution in [0.5, 0.6) is 0 Å². The summed E-state index contributed by atoms with van der Waals surface area (Å²) in [5.74, 6) is 0.388. The van der Waals surface area contributed by atoms with Gasteiger partial charge in [-0.1, -0.05) is 23.7 Å². The second-order valence-electron chi connectivity index (χ2n) is 4.28. The molecule has 2 nitrogen and oxygen atoms in total. The molecule has 1 saturated carbocycles. The van der Waals surface area contributed by atoms with Gasteiger partial charge in [0.25, 0.3) is 0 Å². The molecule has 0 bridgehead atoms. The zero-order valence-corrected chi connectivity index (χ0v) is 9.80. The Balaban J connectivity index is 2.08. The van der Waals surface area contributed by atoms with Gasteiger partial charge in [0.1, 0.15) is 5.82 Å². The Morgan fingerprint density at radius 3 is 2.88 bits per heavy atom. The Hall–Kier alpha value is -0.640. The first-order valence-electron chi connectivity index (χ1n) is 5.59. The molecule has 0 heterocycles. The third kappa shape index (κ3) is 2.73. The van der Waals surface area contributed by atoms with Gasteiger partial charge < -0.3 is 11.1 Å². The molecule has 1 aromatic rings. The number of rotatable bonds is 5. The molecule has 1 aliphatic rings. The van der Waals surface area contributed by atoms with Crippen LogP contribution in [0.3, 0.4) is 0 Å². The number of nitrogens with two attached hydrogens (primary N) is 1. The molecular formula is C12H16ClFN2. The van der Waals surface area contributed by atoms with Crippen LogP contribution in [-0.2, 0) is 0 Å². The topological polar surface area (TPSA) is 38.0 Å². The Labute approximate surface area is 100.0 Å². The fourth-order valence-corrected chi connectivity index (χ4v) is 1.92. The summed E-state index contributed by atoms with van der Waals surface area (Å²) in [4.78, 5) is 0. The SMILES string of the molecule is NCC(NCC1CC1)c1cccc(Cl)c1F. The average molecular weight is 243 g/mol. The quantitative estimate of drug-likeness (QED) is 0.833. The number of halogens is 2. The second-order valence-corrected chi connectivity index (χ2v) is 4.69. The third-order valence-corrected chi connectivity index (χ3v) is 3.23. The minimum atomic E-state index is -0.358. The van der Waals surface area contributed by atoms with Gasteiger partial charge in [0.2, 0.25) is 0 Å². The van der Waals surface area contributed by atoms with Crippen LogP contribution in [-0.4, -0.2) is 13.1 Å². The zero-order chi connectivity index (χ0) is 11.5. The lowest BCUT2D eigenvalue weighted by Crippen LogP contribution is -2.30. The van der Waals surface area contributed by atoms with Gasteiger partial charge in [0, 0.05) is 18.2 Å². The van der Waals surface area contributed by atoms with E-state index >= 15 is 0 Å². The Kier molecular flexibility index (Phi) is 3.79. The van der Waals surface area contributed by atoms with Gasteiger partial charge in [-0.3, -0.25) is 0 Å². The summed E-state index contributed by atoms with van der Waals surface area (Å²) in [5.41, 5.74) is 6.22. The first-order valence-corrected chi connectivity index (χ1v) is 5.97.